The van der Waals surface area contributed by atoms with Gasteiger partial charge >= 0.3 is 7.12 Å². The first kappa shape index (κ1) is 20.4. The monoisotopic (exact) mass is 398 g/mol. The summed E-state index contributed by atoms with van der Waals surface area (Å²) < 4.78 is 14.5. The average molecular weight is 398 g/mol. The predicted octanol–water partition coefficient (Wildman–Crippen LogP) is 5.12. The van der Waals surface area contributed by atoms with Crippen LogP contribution < -0.4 is 5.46 Å². The van der Waals surface area contributed by atoms with Gasteiger partial charge in [0.15, 0.2) is 0 Å². The van der Waals surface area contributed by atoms with Gasteiger partial charge in [0.25, 0.3) is 0 Å². The quantitative estimate of drug-likeness (QED) is 0.560. The average Bonchev–Trinajstić information content (AvgIpc) is 3.22. The Kier molecular flexibility index (Phi) is 5.04. The van der Waals surface area contributed by atoms with Gasteiger partial charge in [-0.1, -0.05) is 55.6 Å². The number of imidazole rings is 1. The van der Waals surface area contributed by atoms with Crippen molar-refractivity contribution in [2.45, 2.75) is 38.9 Å². The molecule has 4 rings (SSSR count). The Hall–Kier alpha value is -2.89. The molecule has 0 N–H and O–H groups in total. The standard InChI is InChI=1S/C25H27BN2O2/c1-7-21-22(8-2)28(23(27-21)18-12-10-9-11-13-18)20-16-14-19(15-17-20)26-29-24(3,4)25(5,6)30-26/h7-17H,1-2H2,3-6H3. The zero-order chi connectivity index (χ0) is 21.5. The van der Waals surface area contributed by atoms with Crippen LogP contribution in [0.25, 0.3) is 29.2 Å². The fraction of sp³-hybridized carbons (Fsp3) is 0.240. The number of hydrogen-bond acceptors (Lipinski definition) is 3. The van der Waals surface area contributed by atoms with Gasteiger partial charge in [0.05, 0.1) is 22.6 Å². The Bertz CT molecular complexity index is 1070. The molecule has 2 heterocycles. The normalized spacial score (nSPS) is 17.1. The Morgan fingerprint density at radius 3 is 2.00 bits per heavy atom. The minimum Gasteiger partial charge on any atom is -0.399 e. The maximum Gasteiger partial charge on any atom is 0.494 e. The third-order valence-electron chi connectivity index (χ3n) is 6.04. The molecule has 0 radical (unpaired) electrons. The van der Waals surface area contributed by atoms with Crippen molar-refractivity contribution in [1.82, 2.24) is 9.55 Å². The summed E-state index contributed by atoms with van der Waals surface area (Å²) in [7, 11) is -0.386. The lowest BCUT2D eigenvalue weighted by Gasteiger charge is -2.32. The number of aromatic nitrogens is 2. The predicted molar refractivity (Wildman–Crippen MR) is 125 cm³/mol. The van der Waals surface area contributed by atoms with Crippen LogP contribution in [0.1, 0.15) is 39.1 Å². The van der Waals surface area contributed by atoms with E-state index in [-0.39, 0.29) is 18.3 Å². The molecule has 0 aliphatic carbocycles. The smallest absolute Gasteiger partial charge is 0.399 e. The number of benzene rings is 2. The van der Waals surface area contributed by atoms with E-state index in [1.54, 1.807) is 6.08 Å². The second-order valence-electron chi connectivity index (χ2n) is 8.50. The van der Waals surface area contributed by atoms with Gasteiger partial charge in [0, 0.05) is 11.3 Å². The second-order valence-corrected chi connectivity index (χ2v) is 8.50. The van der Waals surface area contributed by atoms with Crippen molar-refractivity contribution in [2.24, 2.45) is 0 Å². The summed E-state index contributed by atoms with van der Waals surface area (Å²) in [4.78, 5) is 4.81. The van der Waals surface area contributed by atoms with Crippen molar-refractivity contribution in [1.29, 1.82) is 0 Å². The van der Waals surface area contributed by atoms with E-state index in [1.807, 2.05) is 36.4 Å². The first-order chi connectivity index (χ1) is 14.3. The maximum atomic E-state index is 6.18. The van der Waals surface area contributed by atoms with Gasteiger partial charge in [-0.15, -0.1) is 0 Å². The van der Waals surface area contributed by atoms with Crippen molar-refractivity contribution < 1.29 is 9.31 Å². The molecule has 0 saturated carbocycles. The Balaban J connectivity index is 1.76. The molecule has 0 bridgehead atoms. The van der Waals surface area contributed by atoms with Crippen LogP contribution in [0, 0.1) is 0 Å². The molecule has 0 unspecified atom stereocenters. The van der Waals surface area contributed by atoms with Crippen molar-refractivity contribution in [3.05, 3.63) is 79.1 Å². The summed E-state index contributed by atoms with van der Waals surface area (Å²) in [6.45, 7) is 16.2. The molecular formula is C25H27BN2O2. The zero-order valence-corrected chi connectivity index (χ0v) is 18.1. The molecule has 1 aliphatic heterocycles. The third-order valence-corrected chi connectivity index (χ3v) is 6.04. The second kappa shape index (κ2) is 7.42. The maximum absolute atomic E-state index is 6.18. The lowest BCUT2D eigenvalue weighted by Crippen LogP contribution is -2.41. The van der Waals surface area contributed by atoms with E-state index in [9.17, 15) is 0 Å². The van der Waals surface area contributed by atoms with E-state index in [0.717, 1.165) is 33.9 Å². The summed E-state index contributed by atoms with van der Waals surface area (Å²) in [6.07, 6.45) is 3.58. The van der Waals surface area contributed by atoms with Gasteiger partial charge < -0.3 is 9.31 Å². The van der Waals surface area contributed by atoms with Crippen LogP contribution in [0.5, 0.6) is 0 Å². The number of nitrogens with zero attached hydrogens (tertiary/aromatic N) is 2. The van der Waals surface area contributed by atoms with Gasteiger partial charge in [0.1, 0.15) is 5.82 Å². The molecule has 5 heteroatoms. The number of rotatable bonds is 5. The minimum absolute atomic E-state index is 0.365. The third kappa shape index (κ3) is 3.34. The Morgan fingerprint density at radius 2 is 1.47 bits per heavy atom. The Morgan fingerprint density at radius 1 is 0.867 bits per heavy atom. The van der Waals surface area contributed by atoms with Gasteiger partial charge in [-0.2, -0.15) is 0 Å². The van der Waals surface area contributed by atoms with E-state index in [1.165, 1.54) is 0 Å². The van der Waals surface area contributed by atoms with E-state index >= 15 is 0 Å². The molecular weight excluding hydrogens is 371 g/mol. The van der Waals surface area contributed by atoms with Crippen LogP contribution in [0.2, 0.25) is 0 Å². The SMILES string of the molecule is C=Cc1nc(-c2ccccc2)n(-c2ccc(B3OC(C)(C)C(C)(C)O3)cc2)c1C=C. The van der Waals surface area contributed by atoms with Crippen LogP contribution in [0.4, 0.5) is 0 Å². The lowest BCUT2D eigenvalue weighted by atomic mass is 9.79. The van der Waals surface area contributed by atoms with Crippen molar-refractivity contribution >= 4 is 24.7 Å². The molecule has 0 spiro atoms. The fourth-order valence-corrected chi connectivity index (χ4v) is 3.60. The van der Waals surface area contributed by atoms with Gasteiger partial charge in [-0.25, -0.2) is 4.98 Å². The van der Waals surface area contributed by atoms with Crippen LogP contribution in [-0.2, 0) is 9.31 Å². The zero-order valence-electron chi connectivity index (χ0n) is 18.1. The highest BCUT2D eigenvalue weighted by Gasteiger charge is 2.51. The molecule has 152 valence electrons. The highest BCUT2D eigenvalue weighted by Crippen LogP contribution is 2.36. The fourth-order valence-electron chi connectivity index (χ4n) is 3.60. The van der Waals surface area contributed by atoms with Crippen molar-refractivity contribution in [2.75, 3.05) is 0 Å². The molecule has 30 heavy (non-hydrogen) atoms. The van der Waals surface area contributed by atoms with E-state index in [0.29, 0.717) is 0 Å². The van der Waals surface area contributed by atoms with Crippen LogP contribution in [0.3, 0.4) is 0 Å². The van der Waals surface area contributed by atoms with Crippen LogP contribution >= 0.6 is 0 Å². The largest absolute Gasteiger partial charge is 0.494 e. The van der Waals surface area contributed by atoms with Gasteiger partial charge in [-0.3, -0.25) is 4.57 Å². The topological polar surface area (TPSA) is 36.3 Å². The van der Waals surface area contributed by atoms with Crippen LogP contribution in [0.15, 0.2) is 67.8 Å². The highest BCUT2D eigenvalue weighted by atomic mass is 16.7. The van der Waals surface area contributed by atoms with Crippen molar-refractivity contribution in [3.8, 4) is 17.1 Å². The highest BCUT2D eigenvalue weighted by molar-refractivity contribution is 6.62. The molecule has 0 amide bonds. The summed E-state index contributed by atoms with van der Waals surface area (Å²) in [6, 6.07) is 18.4. The number of hydrogen-bond donors (Lipinski definition) is 0. The molecule has 1 aliphatic rings. The lowest BCUT2D eigenvalue weighted by molar-refractivity contribution is 0.00578. The molecule has 1 saturated heterocycles. The molecule has 3 aromatic rings. The summed E-state index contributed by atoms with van der Waals surface area (Å²) >= 11 is 0. The van der Waals surface area contributed by atoms with Crippen molar-refractivity contribution in [3.63, 3.8) is 0 Å². The van der Waals surface area contributed by atoms with E-state index in [4.69, 9.17) is 14.3 Å². The molecule has 1 aromatic heterocycles. The summed E-state index contributed by atoms with van der Waals surface area (Å²) in [5, 5.41) is 0. The minimum atomic E-state index is -0.386. The molecule has 2 aromatic carbocycles. The molecule has 4 nitrogen and oxygen atoms in total. The van der Waals surface area contributed by atoms with Crippen LogP contribution in [-0.4, -0.2) is 27.9 Å². The van der Waals surface area contributed by atoms with Gasteiger partial charge in [-0.05, 0) is 57.4 Å². The summed E-state index contributed by atoms with van der Waals surface area (Å²) in [5.74, 6) is 0.851. The first-order valence-corrected chi connectivity index (χ1v) is 10.2. The molecule has 1 fully saturated rings. The van der Waals surface area contributed by atoms with E-state index in [2.05, 4.69) is 69.7 Å². The Labute approximate surface area is 179 Å². The summed E-state index contributed by atoms with van der Waals surface area (Å²) in [5.41, 5.74) is 3.99. The first-order valence-electron chi connectivity index (χ1n) is 10.2. The molecule has 0 atom stereocenters. The van der Waals surface area contributed by atoms with E-state index < -0.39 is 0 Å². The van der Waals surface area contributed by atoms with Gasteiger partial charge in [0.2, 0.25) is 0 Å².